The van der Waals surface area contributed by atoms with Crippen LogP contribution >= 0.6 is 11.6 Å². The van der Waals surface area contributed by atoms with Gasteiger partial charge in [0.1, 0.15) is 11.5 Å². The smallest absolute Gasteiger partial charge is 0.275 e. The molecule has 5 nitrogen and oxygen atoms in total. The predicted octanol–water partition coefficient (Wildman–Crippen LogP) is 2.02. The van der Waals surface area contributed by atoms with Crippen LogP contribution in [0.4, 0.5) is 5.82 Å². The third-order valence-electron chi connectivity index (χ3n) is 2.03. The van der Waals surface area contributed by atoms with Crippen molar-refractivity contribution in [2.24, 2.45) is 0 Å². The van der Waals surface area contributed by atoms with Gasteiger partial charge >= 0.3 is 0 Å². The Balaban J connectivity index is 2.15. The number of nitrogens with one attached hydrogen (secondary N) is 2. The molecule has 0 saturated carbocycles. The molecule has 82 valence electrons. The van der Waals surface area contributed by atoms with Crippen molar-refractivity contribution in [3.8, 4) is 0 Å². The van der Waals surface area contributed by atoms with Crippen molar-refractivity contribution in [3.05, 3.63) is 40.8 Å². The zero-order chi connectivity index (χ0) is 11.5. The molecule has 0 spiro atoms. The minimum atomic E-state index is -0.302. The second-order valence-electron chi connectivity index (χ2n) is 3.24. The van der Waals surface area contributed by atoms with Crippen LogP contribution in [0.3, 0.4) is 0 Å². The number of H-pyrrole nitrogens is 1. The fourth-order valence-corrected chi connectivity index (χ4v) is 1.27. The van der Waals surface area contributed by atoms with Gasteiger partial charge in [-0.05, 0) is 19.1 Å². The summed E-state index contributed by atoms with van der Waals surface area (Å²) in [6.45, 7) is 1.84. The fraction of sp³-hybridized carbons (Fsp3) is 0.100. The van der Waals surface area contributed by atoms with Gasteiger partial charge in [0.05, 0.1) is 11.2 Å². The van der Waals surface area contributed by atoms with Crippen molar-refractivity contribution in [1.82, 2.24) is 15.2 Å². The minimum absolute atomic E-state index is 0.302. The Hall–Kier alpha value is -1.88. The van der Waals surface area contributed by atoms with E-state index in [9.17, 15) is 4.79 Å². The summed E-state index contributed by atoms with van der Waals surface area (Å²) in [4.78, 5) is 15.6. The molecular formula is C10H9ClN4O. The Morgan fingerprint density at radius 3 is 2.81 bits per heavy atom. The monoisotopic (exact) mass is 236 g/mol. The van der Waals surface area contributed by atoms with Gasteiger partial charge in [-0.3, -0.25) is 9.89 Å². The highest BCUT2D eigenvalue weighted by Crippen LogP contribution is 2.11. The van der Waals surface area contributed by atoms with Crippen molar-refractivity contribution in [3.63, 3.8) is 0 Å². The molecule has 0 aliphatic heterocycles. The van der Waals surface area contributed by atoms with Crippen LogP contribution in [-0.4, -0.2) is 21.1 Å². The summed E-state index contributed by atoms with van der Waals surface area (Å²) in [5.41, 5.74) is 1.17. The van der Waals surface area contributed by atoms with Crippen molar-refractivity contribution < 1.29 is 4.79 Å². The van der Waals surface area contributed by atoms with Gasteiger partial charge in [-0.1, -0.05) is 11.6 Å². The van der Waals surface area contributed by atoms with Crippen LogP contribution < -0.4 is 5.32 Å². The van der Waals surface area contributed by atoms with Gasteiger partial charge < -0.3 is 5.32 Å². The molecule has 2 aromatic rings. The van der Waals surface area contributed by atoms with E-state index in [0.717, 1.165) is 5.56 Å². The van der Waals surface area contributed by atoms with E-state index < -0.39 is 0 Å². The molecule has 0 aromatic carbocycles. The molecule has 16 heavy (non-hydrogen) atoms. The van der Waals surface area contributed by atoms with E-state index in [4.69, 9.17) is 11.6 Å². The number of hydrogen-bond donors (Lipinski definition) is 2. The quantitative estimate of drug-likeness (QED) is 0.838. The normalized spacial score (nSPS) is 10.1. The first-order chi connectivity index (χ1) is 7.66. The third-order valence-corrected chi connectivity index (χ3v) is 2.25. The van der Waals surface area contributed by atoms with Crippen LogP contribution in [0.1, 0.15) is 16.1 Å². The maximum atomic E-state index is 11.7. The van der Waals surface area contributed by atoms with Gasteiger partial charge in [0.25, 0.3) is 5.91 Å². The number of pyridine rings is 1. The number of halogens is 1. The molecule has 2 N–H and O–H groups in total. The first-order valence-corrected chi connectivity index (χ1v) is 4.97. The molecule has 2 aromatic heterocycles. The summed E-state index contributed by atoms with van der Waals surface area (Å²) in [6, 6.07) is 3.17. The molecule has 0 aliphatic rings. The number of aromatic amines is 1. The number of rotatable bonds is 2. The second kappa shape index (κ2) is 4.32. The molecule has 0 aliphatic carbocycles. The SMILES string of the molecule is Cc1cn[nH]c1NC(=O)c1ccc(Cl)cn1. The summed E-state index contributed by atoms with van der Waals surface area (Å²) < 4.78 is 0. The number of anilines is 1. The predicted molar refractivity (Wildman–Crippen MR) is 60.5 cm³/mol. The lowest BCUT2D eigenvalue weighted by Gasteiger charge is -2.02. The summed E-state index contributed by atoms with van der Waals surface area (Å²) in [7, 11) is 0. The number of aromatic nitrogens is 3. The van der Waals surface area contributed by atoms with Gasteiger partial charge in [-0.2, -0.15) is 5.10 Å². The van der Waals surface area contributed by atoms with Crippen LogP contribution in [0.25, 0.3) is 0 Å². The number of amides is 1. The van der Waals surface area contributed by atoms with Crippen LogP contribution in [0, 0.1) is 6.92 Å². The zero-order valence-corrected chi connectivity index (χ0v) is 9.25. The minimum Gasteiger partial charge on any atom is -0.305 e. The molecule has 0 fully saturated rings. The average Bonchev–Trinajstić information content (AvgIpc) is 2.65. The van der Waals surface area contributed by atoms with E-state index in [0.29, 0.717) is 16.5 Å². The van der Waals surface area contributed by atoms with Crippen LogP contribution in [0.15, 0.2) is 24.5 Å². The Labute approximate surface area is 96.8 Å². The Bertz CT molecular complexity index is 506. The molecule has 0 atom stereocenters. The van der Waals surface area contributed by atoms with Crippen LogP contribution in [0.5, 0.6) is 0 Å². The summed E-state index contributed by atoms with van der Waals surface area (Å²) in [5.74, 6) is 0.269. The highest BCUT2D eigenvalue weighted by atomic mass is 35.5. The fourth-order valence-electron chi connectivity index (χ4n) is 1.16. The lowest BCUT2D eigenvalue weighted by molar-refractivity contribution is 0.102. The number of carbonyl (C=O) groups is 1. The van der Waals surface area contributed by atoms with Crippen molar-refractivity contribution in [2.75, 3.05) is 5.32 Å². The lowest BCUT2D eigenvalue weighted by atomic mass is 10.3. The molecule has 2 rings (SSSR count). The van der Waals surface area contributed by atoms with Gasteiger partial charge in [-0.15, -0.1) is 0 Å². The molecule has 0 bridgehead atoms. The third kappa shape index (κ3) is 2.20. The van der Waals surface area contributed by atoms with E-state index in [-0.39, 0.29) is 5.91 Å². The molecule has 2 heterocycles. The topological polar surface area (TPSA) is 70.7 Å². The molecule has 1 amide bonds. The number of carbonyl (C=O) groups excluding carboxylic acids is 1. The second-order valence-corrected chi connectivity index (χ2v) is 3.68. The number of aryl methyl sites for hydroxylation is 1. The van der Waals surface area contributed by atoms with Crippen LogP contribution in [0.2, 0.25) is 5.02 Å². The van der Waals surface area contributed by atoms with Gasteiger partial charge in [-0.25, -0.2) is 4.98 Å². The maximum absolute atomic E-state index is 11.7. The number of nitrogens with zero attached hydrogens (tertiary/aromatic N) is 2. The standard InChI is InChI=1S/C10H9ClN4O/c1-6-4-13-15-9(6)14-10(16)8-3-2-7(11)5-12-8/h2-5H,1H3,(H2,13,14,15,16). The first-order valence-electron chi connectivity index (χ1n) is 4.59. The van der Waals surface area contributed by atoms with Crippen LogP contribution in [-0.2, 0) is 0 Å². The van der Waals surface area contributed by atoms with Crippen molar-refractivity contribution in [1.29, 1.82) is 0 Å². The van der Waals surface area contributed by atoms with Crippen molar-refractivity contribution in [2.45, 2.75) is 6.92 Å². The maximum Gasteiger partial charge on any atom is 0.275 e. The van der Waals surface area contributed by atoms with E-state index in [1.54, 1.807) is 18.3 Å². The highest BCUT2D eigenvalue weighted by Gasteiger charge is 2.09. The Morgan fingerprint density at radius 1 is 1.44 bits per heavy atom. The summed E-state index contributed by atoms with van der Waals surface area (Å²) in [6.07, 6.45) is 3.06. The zero-order valence-electron chi connectivity index (χ0n) is 8.49. The molecule has 0 saturated heterocycles. The van der Waals surface area contributed by atoms with E-state index in [1.165, 1.54) is 6.20 Å². The molecular weight excluding hydrogens is 228 g/mol. The first kappa shape index (κ1) is 10.6. The van der Waals surface area contributed by atoms with Gasteiger partial charge in [0.2, 0.25) is 0 Å². The van der Waals surface area contributed by atoms with E-state index in [1.807, 2.05) is 6.92 Å². The van der Waals surface area contributed by atoms with E-state index >= 15 is 0 Å². The Kier molecular flexibility index (Phi) is 2.87. The highest BCUT2D eigenvalue weighted by molar-refractivity contribution is 6.30. The average molecular weight is 237 g/mol. The molecule has 0 unspecified atom stereocenters. The van der Waals surface area contributed by atoms with Crippen molar-refractivity contribution >= 4 is 23.3 Å². The van der Waals surface area contributed by atoms with E-state index in [2.05, 4.69) is 20.5 Å². The molecule has 6 heteroatoms. The summed E-state index contributed by atoms with van der Waals surface area (Å²) >= 11 is 5.67. The molecule has 0 radical (unpaired) electrons. The lowest BCUT2D eigenvalue weighted by Crippen LogP contribution is -2.14. The largest absolute Gasteiger partial charge is 0.305 e. The van der Waals surface area contributed by atoms with Gasteiger partial charge in [0.15, 0.2) is 0 Å². The number of hydrogen-bond acceptors (Lipinski definition) is 3. The van der Waals surface area contributed by atoms with Gasteiger partial charge in [0, 0.05) is 11.8 Å². The summed E-state index contributed by atoms with van der Waals surface area (Å²) in [5, 5.41) is 9.64. The Morgan fingerprint density at radius 2 is 2.25 bits per heavy atom.